The number of likely N-dealkylation sites (tertiary alicyclic amines) is 2. The van der Waals surface area contributed by atoms with Crippen molar-refractivity contribution in [2.75, 3.05) is 50.7 Å². The number of aromatic nitrogens is 1. The highest BCUT2D eigenvalue weighted by Gasteiger charge is 2.36. The Bertz CT molecular complexity index is 960. The van der Waals surface area contributed by atoms with E-state index in [1.165, 1.54) is 0 Å². The molecule has 1 aromatic heterocycles. The van der Waals surface area contributed by atoms with E-state index in [1.54, 1.807) is 6.20 Å². The van der Waals surface area contributed by atoms with Gasteiger partial charge < -0.3 is 15.4 Å². The minimum absolute atomic E-state index is 0.168. The summed E-state index contributed by atoms with van der Waals surface area (Å²) in [6.45, 7) is 9.38. The molecule has 0 saturated carbocycles. The largest absolute Gasteiger partial charge is 0.370 e. The number of piperidine rings is 1. The molecule has 0 spiro atoms. The van der Waals surface area contributed by atoms with Gasteiger partial charge >= 0.3 is 0 Å². The van der Waals surface area contributed by atoms with Crippen molar-refractivity contribution < 1.29 is 4.74 Å². The van der Waals surface area contributed by atoms with Crippen molar-refractivity contribution >= 4 is 16.6 Å². The molecule has 0 bridgehead atoms. The first-order chi connectivity index (χ1) is 15.1. The van der Waals surface area contributed by atoms with Gasteiger partial charge in [0.2, 0.25) is 0 Å². The Morgan fingerprint density at radius 2 is 1.97 bits per heavy atom. The first-order valence-corrected chi connectivity index (χ1v) is 11.5. The lowest BCUT2D eigenvalue weighted by atomic mass is 9.99. The number of nitrogens with two attached hydrogens (primary N) is 1. The molecule has 2 N–H and O–H groups in total. The average Bonchev–Trinajstić information content (AvgIpc) is 2.75. The highest BCUT2D eigenvalue weighted by molar-refractivity contribution is 5.95. The molecule has 31 heavy (non-hydrogen) atoms. The van der Waals surface area contributed by atoms with Gasteiger partial charge in [0.05, 0.1) is 23.3 Å². The van der Waals surface area contributed by atoms with Gasteiger partial charge in [0.1, 0.15) is 6.07 Å². The Labute approximate surface area is 184 Å². The van der Waals surface area contributed by atoms with Crippen molar-refractivity contribution in [1.29, 1.82) is 5.26 Å². The number of hydrogen-bond acceptors (Lipinski definition) is 7. The molecule has 7 heteroatoms. The first kappa shape index (κ1) is 20.7. The van der Waals surface area contributed by atoms with E-state index in [0.717, 1.165) is 75.2 Å². The summed E-state index contributed by atoms with van der Waals surface area (Å²) in [6.07, 6.45) is 4.36. The summed E-state index contributed by atoms with van der Waals surface area (Å²) >= 11 is 0. The molecule has 1 aromatic carbocycles. The summed E-state index contributed by atoms with van der Waals surface area (Å²) in [6, 6.07) is 11.3. The minimum atomic E-state index is 0.168. The third-order valence-electron chi connectivity index (χ3n) is 7.02. The molecule has 0 unspecified atom stereocenters. The molecule has 2 atom stereocenters. The fourth-order valence-electron chi connectivity index (χ4n) is 5.36. The van der Waals surface area contributed by atoms with Crippen LogP contribution in [-0.2, 0) is 4.74 Å². The molecule has 3 saturated heterocycles. The van der Waals surface area contributed by atoms with Crippen molar-refractivity contribution in [3.8, 4) is 6.07 Å². The summed E-state index contributed by atoms with van der Waals surface area (Å²) in [5, 5.41) is 10.5. The molecule has 3 aliphatic rings. The van der Waals surface area contributed by atoms with Crippen LogP contribution in [0.25, 0.3) is 10.9 Å². The van der Waals surface area contributed by atoms with Crippen LogP contribution in [0.2, 0.25) is 0 Å². The van der Waals surface area contributed by atoms with Gasteiger partial charge in [-0.2, -0.15) is 5.26 Å². The van der Waals surface area contributed by atoms with E-state index in [2.05, 4.69) is 44.8 Å². The lowest BCUT2D eigenvalue weighted by Gasteiger charge is -2.49. The molecule has 0 amide bonds. The van der Waals surface area contributed by atoms with Crippen molar-refractivity contribution in [3.05, 3.63) is 36.0 Å². The summed E-state index contributed by atoms with van der Waals surface area (Å²) in [5.41, 5.74) is 8.61. The van der Waals surface area contributed by atoms with Gasteiger partial charge in [-0.15, -0.1) is 0 Å². The zero-order valence-corrected chi connectivity index (χ0v) is 18.3. The maximum Gasteiger partial charge on any atom is 0.101 e. The SMILES string of the molecule is C[C@@H]1CN(c2ccc(C#N)c3ncccc23)C[C@@H](CN2CC(N3CCC(N)CC3)C2)O1. The standard InChI is InChI=1S/C24H32N6O/c1-17-12-30(23-5-4-18(11-25)24-22(23)3-2-8-27-24)16-21(31-17)15-28-13-20(14-28)29-9-6-19(26)7-10-29/h2-5,8,17,19-21H,6-7,9-10,12-16,26H2,1H3/t17-,21-/m1/s1. The summed E-state index contributed by atoms with van der Waals surface area (Å²) in [4.78, 5) is 12.0. The Morgan fingerprint density at radius 3 is 2.74 bits per heavy atom. The Morgan fingerprint density at radius 1 is 1.16 bits per heavy atom. The fraction of sp³-hybridized carbons (Fsp3) is 0.583. The second-order valence-corrected chi connectivity index (χ2v) is 9.36. The molecule has 0 aliphatic carbocycles. The molecule has 0 radical (unpaired) electrons. The monoisotopic (exact) mass is 420 g/mol. The normalized spacial score (nSPS) is 26.7. The zero-order valence-electron chi connectivity index (χ0n) is 18.3. The molecule has 2 aromatic rings. The number of ether oxygens (including phenoxy) is 1. The van der Waals surface area contributed by atoms with E-state index in [4.69, 9.17) is 10.5 Å². The van der Waals surface area contributed by atoms with Crippen LogP contribution in [-0.4, -0.2) is 84.9 Å². The predicted molar refractivity (Wildman–Crippen MR) is 122 cm³/mol. The van der Waals surface area contributed by atoms with Crippen LogP contribution in [0.3, 0.4) is 0 Å². The second-order valence-electron chi connectivity index (χ2n) is 9.36. The van der Waals surface area contributed by atoms with Crippen molar-refractivity contribution in [1.82, 2.24) is 14.8 Å². The van der Waals surface area contributed by atoms with Crippen LogP contribution in [0.15, 0.2) is 30.5 Å². The second kappa shape index (κ2) is 8.71. The highest BCUT2D eigenvalue weighted by Crippen LogP contribution is 2.31. The van der Waals surface area contributed by atoms with E-state index in [1.807, 2.05) is 12.1 Å². The molecular formula is C24H32N6O. The molecule has 164 valence electrons. The molecule has 3 fully saturated rings. The summed E-state index contributed by atoms with van der Waals surface area (Å²) in [5.74, 6) is 0. The number of morpholine rings is 1. The number of pyridine rings is 1. The van der Waals surface area contributed by atoms with Crippen LogP contribution in [0.4, 0.5) is 5.69 Å². The van der Waals surface area contributed by atoms with E-state index in [9.17, 15) is 5.26 Å². The van der Waals surface area contributed by atoms with Gasteiger partial charge in [0.25, 0.3) is 0 Å². The van der Waals surface area contributed by atoms with Crippen LogP contribution < -0.4 is 10.6 Å². The van der Waals surface area contributed by atoms with Crippen molar-refractivity contribution in [2.45, 2.75) is 44.1 Å². The van der Waals surface area contributed by atoms with Gasteiger partial charge in [0.15, 0.2) is 0 Å². The lowest BCUT2D eigenvalue weighted by Crippen LogP contribution is -2.63. The highest BCUT2D eigenvalue weighted by atomic mass is 16.5. The number of fused-ring (bicyclic) bond motifs is 1. The minimum Gasteiger partial charge on any atom is -0.370 e. The Balaban J connectivity index is 1.24. The first-order valence-electron chi connectivity index (χ1n) is 11.5. The number of benzene rings is 1. The number of rotatable bonds is 4. The molecule has 3 aliphatic heterocycles. The lowest BCUT2D eigenvalue weighted by molar-refractivity contribution is -0.0593. The third-order valence-corrected chi connectivity index (χ3v) is 7.02. The maximum absolute atomic E-state index is 9.44. The predicted octanol–water partition coefficient (Wildman–Crippen LogP) is 1.81. The van der Waals surface area contributed by atoms with Gasteiger partial charge in [0, 0.05) is 75.2 Å². The van der Waals surface area contributed by atoms with Crippen molar-refractivity contribution in [2.24, 2.45) is 5.73 Å². The van der Waals surface area contributed by atoms with Gasteiger partial charge in [-0.25, -0.2) is 0 Å². The van der Waals surface area contributed by atoms with Crippen LogP contribution in [0.1, 0.15) is 25.3 Å². The quantitative estimate of drug-likeness (QED) is 0.808. The van der Waals surface area contributed by atoms with E-state index >= 15 is 0 Å². The Hall–Kier alpha value is -2.24. The zero-order chi connectivity index (χ0) is 21.4. The van der Waals surface area contributed by atoms with Gasteiger partial charge in [-0.05, 0) is 44.0 Å². The molecular weight excluding hydrogens is 388 g/mol. The van der Waals surface area contributed by atoms with Gasteiger partial charge in [-0.1, -0.05) is 0 Å². The smallest absolute Gasteiger partial charge is 0.101 e. The maximum atomic E-state index is 9.44. The fourth-order valence-corrected chi connectivity index (χ4v) is 5.36. The van der Waals surface area contributed by atoms with Gasteiger partial charge in [-0.3, -0.25) is 14.8 Å². The summed E-state index contributed by atoms with van der Waals surface area (Å²) in [7, 11) is 0. The number of anilines is 1. The average molecular weight is 421 g/mol. The summed E-state index contributed by atoms with van der Waals surface area (Å²) < 4.78 is 6.31. The van der Waals surface area contributed by atoms with Crippen molar-refractivity contribution in [3.63, 3.8) is 0 Å². The topological polar surface area (TPSA) is 81.7 Å². The van der Waals surface area contributed by atoms with Crippen LogP contribution in [0.5, 0.6) is 0 Å². The van der Waals surface area contributed by atoms with E-state index < -0.39 is 0 Å². The Kier molecular flexibility index (Phi) is 5.81. The van der Waals surface area contributed by atoms with Crippen LogP contribution >= 0.6 is 0 Å². The number of nitrogens with zero attached hydrogens (tertiary/aromatic N) is 5. The molecule has 5 rings (SSSR count). The molecule has 7 nitrogen and oxygen atoms in total. The van der Waals surface area contributed by atoms with Crippen LogP contribution in [0, 0.1) is 11.3 Å². The van der Waals surface area contributed by atoms with E-state index in [0.29, 0.717) is 17.6 Å². The molecule has 4 heterocycles. The number of hydrogen-bond donors (Lipinski definition) is 1. The third kappa shape index (κ3) is 4.26. The van der Waals surface area contributed by atoms with E-state index in [-0.39, 0.29) is 12.2 Å². The number of nitriles is 1.